The normalized spacial score (nSPS) is 23.6. The molecule has 212 valence electrons. The van der Waals surface area contributed by atoms with Crippen LogP contribution < -0.4 is 15.6 Å². The van der Waals surface area contributed by atoms with Crippen LogP contribution in [0, 0.1) is 17.8 Å². The van der Waals surface area contributed by atoms with Crippen molar-refractivity contribution < 1.29 is 9.59 Å². The number of para-hydroxylation sites is 1. The number of hydrogen-bond acceptors (Lipinski definition) is 8. The molecular formula is C30H33N7O3S. The van der Waals surface area contributed by atoms with Crippen molar-refractivity contribution in [2.24, 2.45) is 17.8 Å². The number of nitrogens with zero attached hydrogens (tertiary/aromatic N) is 6. The topological polar surface area (TPSA) is 103 Å². The average molecular weight is 572 g/mol. The Kier molecular flexibility index (Phi) is 5.82. The number of hydrogen-bond donors (Lipinski definition) is 1. The standard InChI is InChI=1S/C30H33N7O3S/c1-34-10-8-20(9-11-34)32-27(39)24-25(38)21-12-31-30(33-26(21)37-22-4-2-3-5-23(22)41-29(24)37)36-15-18-13-35(14-19(18)16-36)28(40)17-6-7-17/h2-5,12,17-20H,6-11,13-16H2,1H3,(H,32,39). The highest BCUT2D eigenvalue weighted by molar-refractivity contribution is 7.24. The molecule has 1 saturated carbocycles. The van der Waals surface area contributed by atoms with Gasteiger partial charge in [0.2, 0.25) is 17.3 Å². The summed E-state index contributed by atoms with van der Waals surface area (Å²) in [6.45, 7) is 5.04. The molecular weight excluding hydrogens is 538 g/mol. The molecule has 1 aromatic carbocycles. The lowest BCUT2D eigenvalue weighted by Crippen LogP contribution is -2.44. The zero-order valence-corrected chi connectivity index (χ0v) is 23.9. The fourth-order valence-electron chi connectivity index (χ4n) is 6.97. The molecule has 11 heteroatoms. The van der Waals surface area contributed by atoms with Crippen LogP contribution in [0.15, 0.2) is 35.3 Å². The van der Waals surface area contributed by atoms with E-state index in [0.29, 0.717) is 39.6 Å². The second-order valence-electron chi connectivity index (χ2n) is 12.3. The maximum atomic E-state index is 13.9. The summed E-state index contributed by atoms with van der Waals surface area (Å²) >= 11 is 1.45. The van der Waals surface area contributed by atoms with Crippen LogP contribution in [0.25, 0.3) is 26.1 Å². The van der Waals surface area contributed by atoms with Gasteiger partial charge >= 0.3 is 0 Å². The molecule has 4 fully saturated rings. The van der Waals surface area contributed by atoms with Crippen molar-refractivity contribution in [1.82, 2.24) is 29.5 Å². The fraction of sp³-hybridized carbons (Fsp3) is 0.500. The van der Waals surface area contributed by atoms with Crippen molar-refractivity contribution in [3.8, 4) is 0 Å². The SMILES string of the molecule is CN1CCC(NC(=O)c2c(=O)c3cnc(N4CC5CN(C(=O)C6CC6)CC5C4)nc3n3c2sc2ccccc23)CC1. The summed E-state index contributed by atoms with van der Waals surface area (Å²) in [5, 5.41) is 3.50. The summed E-state index contributed by atoms with van der Waals surface area (Å²) in [6, 6.07) is 8.01. The minimum absolute atomic E-state index is 0.0481. The third-order valence-electron chi connectivity index (χ3n) is 9.46. The number of rotatable bonds is 4. The number of aromatic nitrogens is 3. The summed E-state index contributed by atoms with van der Waals surface area (Å²) in [5.41, 5.74) is 1.30. The average Bonchev–Trinajstić information content (AvgIpc) is 3.47. The van der Waals surface area contributed by atoms with Gasteiger partial charge in [-0.2, -0.15) is 4.98 Å². The van der Waals surface area contributed by atoms with Gasteiger partial charge in [0.25, 0.3) is 5.91 Å². The highest BCUT2D eigenvalue weighted by Gasteiger charge is 2.45. The van der Waals surface area contributed by atoms with Crippen molar-refractivity contribution >= 4 is 55.2 Å². The zero-order valence-electron chi connectivity index (χ0n) is 23.1. The Morgan fingerprint density at radius 3 is 2.46 bits per heavy atom. The van der Waals surface area contributed by atoms with Crippen LogP contribution in [0.1, 0.15) is 36.0 Å². The Labute approximate surface area is 240 Å². The first-order valence-corrected chi connectivity index (χ1v) is 15.5. The molecule has 2 atom stereocenters. The van der Waals surface area contributed by atoms with Crippen LogP contribution in [0.2, 0.25) is 0 Å². The highest BCUT2D eigenvalue weighted by atomic mass is 32.1. The van der Waals surface area contributed by atoms with Crippen LogP contribution in [0.3, 0.4) is 0 Å². The molecule has 41 heavy (non-hydrogen) atoms. The molecule has 0 bridgehead atoms. The summed E-state index contributed by atoms with van der Waals surface area (Å²) in [6.07, 6.45) is 5.40. The number of nitrogens with one attached hydrogen (secondary N) is 1. The van der Waals surface area contributed by atoms with Crippen molar-refractivity contribution in [1.29, 1.82) is 0 Å². The maximum Gasteiger partial charge on any atom is 0.258 e. The van der Waals surface area contributed by atoms with Crippen molar-refractivity contribution in [2.75, 3.05) is 51.2 Å². The van der Waals surface area contributed by atoms with E-state index >= 15 is 0 Å². The van der Waals surface area contributed by atoms with Gasteiger partial charge in [-0.25, -0.2) is 4.98 Å². The smallest absolute Gasteiger partial charge is 0.258 e. The van der Waals surface area contributed by atoms with Gasteiger partial charge in [-0.3, -0.25) is 18.8 Å². The van der Waals surface area contributed by atoms with Gasteiger partial charge < -0.3 is 20.0 Å². The number of carbonyl (C=O) groups excluding carboxylic acids is 2. The van der Waals surface area contributed by atoms with Crippen molar-refractivity contribution in [3.05, 3.63) is 46.2 Å². The number of amides is 2. The predicted octanol–water partition coefficient (Wildman–Crippen LogP) is 2.59. The van der Waals surface area contributed by atoms with Gasteiger partial charge in [-0.15, -0.1) is 11.3 Å². The van der Waals surface area contributed by atoms with E-state index in [1.807, 2.05) is 28.7 Å². The van der Waals surface area contributed by atoms with Crippen molar-refractivity contribution in [2.45, 2.75) is 31.7 Å². The first-order valence-electron chi connectivity index (χ1n) is 14.7. The van der Waals surface area contributed by atoms with Gasteiger partial charge in [0.05, 0.1) is 15.6 Å². The van der Waals surface area contributed by atoms with Gasteiger partial charge in [-0.1, -0.05) is 12.1 Å². The molecule has 8 rings (SSSR count). The molecule has 1 N–H and O–H groups in total. The Bertz CT molecular complexity index is 1760. The molecule has 10 nitrogen and oxygen atoms in total. The molecule has 3 aliphatic heterocycles. The van der Waals surface area contributed by atoms with E-state index in [1.165, 1.54) is 11.3 Å². The molecule has 2 unspecified atom stereocenters. The number of anilines is 1. The van der Waals surface area contributed by atoms with Crippen LogP contribution in [-0.2, 0) is 4.79 Å². The lowest BCUT2D eigenvalue weighted by atomic mass is 10.0. The second kappa shape index (κ2) is 9.49. The van der Waals surface area contributed by atoms with E-state index in [1.54, 1.807) is 6.20 Å². The molecule has 0 spiro atoms. The van der Waals surface area contributed by atoms with E-state index < -0.39 is 0 Å². The lowest BCUT2D eigenvalue weighted by molar-refractivity contribution is -0.131. The third-order valence-corrected chi connectivity index (χ3v) is 10.6. The fourth-order valence-corrected chi connectivity index (χ4v) is 8.16. The molecule has 3 saturated heterocycles. The third kappa shape index (κ3) is 4.20. The molecule has 6 heterocycles. The van der Waals surface area contributed by atoms with E-state index in [-0.39, 0.29) is 28.9 Å². The Morgan fingerprint density at radius 1 is 1.00 bits per heavy atom. The molecule has 4 aromatic rings. The maximum absolute atomic E-state index is 13.9. The van der Waals surface area contributed by atoms with Crippen molar-refractivity contribution in [3.63, 3.8) is 0 Å². The van der Waals surface area contributed by atoms with Crippen LogP contribution in [-0.4, -0.2) is 88.3 Å². The number of carbonyl (C=O) groups is 2. The quantitative estimate of drug-likeness (QED) is 0.402. The first kappa shape index (κ1) is 25.2. The summed E-state index contributed by atoms with van der Waals surface area (Å²) < 4.78 is 2.96. The molecule has 0 radical (unpaired) electrons. The molecule has 2 amide bonds. The monoisotopic (exact) mass is 571 g/mol. The van der Waals surface area contributed by atoms with Gasteiger partial charge in [0, 0.05) is 56.2 Å². The first-order chi connectivity index (χ1) is 19.9. The van der Waals surface area contributed by atoms with E-state index in [9.17, 15) is 14.4 Å². The number of thiazole rings is 1. The van der Waals surface area contributed by atoms with E-state index in [2.05, 4.69) is 32.0 Å². The Hall–Kier alpha value is -3.57. The molecule has 4 aliphatic rings. The van der Waals surface area contributed by atoms with Crippen LogP contribution in [0.4, 0.5) is 5.95 Å². The zero-order chi connectivity index (χ0) is 27.8. The number of pyridine rings is 1. The minimum Gasteiger partial charge on any atom is -0.349 e. The molecule has 1 aliphatic carbocycles. The summed E-state index contributed by atoms with van der Waals surface area (Å²) in [7, 11) is 2.09. The number of likely N-dealkylation sites (tertiary alicyclic amines) is 2. The highest BCUT2D eigenvalue weighted by Crippen LogP contribution is 2.38. The predicted molar refractivity (Wildman–Crippen MR) is 159 cm³/mol. The minimum atomic E-state index is -0.323. The lowest BCUT2D eigenvalue weighted by Gasteiger charge is -2.29. The Balaban J connectivity index is 1.16. The summed E-state index contributed by atoms with van der Waals surface area (Å²) in [5.74, 6) is 1.68. The largest absolute Gasteiger partial charge is 0.349 e. The number of piperidine rings is 1. The summed E-state index contributed by atoms with van der Waals surface area (Å²) in [4.78, 5) is 56.9. The second-order valence-corrected chi connectivity index (χ2v) is 13.3. The van der Waals surface area contributed by atoms with E-state index in [0.717, 1.165) is 75.2 Å². The molecule has 3 aromatic heterocycles. The van der Waals surface area contributed by atoms with Gasteiger partial charge in [0.15, 0.2) is 5.65 Å². The van der Waals surface area contributed by atoms with Crippen LogP contribution >= 0.6 is 11.3 Å². The van der Waals surface area contributed by atoms with Crippen LogP contribution in [0.5, 0.6) is 0 Å². The van der Waals surface area contributed by atoms with Gasteiger partial charge in [0.1, 0.15) is 10.4 Å². The Morgan fingerprint density at radius 2 is 1.73 bits per heavy atom. The van der Waals surface area contributed by atoms with E-state index in [4.69, 9.17) is 4.98 Å². The van der Waals surface area contributed by atoms with Gasteiger partial charge in [-0.05, 0) is 58.0 Å². The number of fused-ring (bicyclic) bond motifs is 6. The number of benzene rings is 1.